The zero-order valence-corrected chi connectivity index (χ0v) is 9.97. The molecule has 1 fully saturated rings. The fraction of sp³-hybridized carbons (Fsp3) is 0.750. The number of halogens is 12. The van der Waals surface area contributed by atoms with E-state index in [1.165, 1.54) is 0 Å². The number of rotatable bonds is 3. The monoisotopic (exact) mass is 374 g/mol. The standard InChI is InChI=1S/C8H2F12O3/c9-2(10)3-21-1-4(11,22-3)8(19,20)23-5(12,6(13,14)15)7(16,17)18/h1H2. The Morgan fingerprint density at radius 3 is 1.65 bits per heavy atom. The highest BCUT2D eigenvalue weighted by Gasteiger charge is 2.80. The highest BCUT2D eigenvalue weighted by Crippen LogP contribution is 2.53. The van der Waals surface area contributed by atoms with Crippen LogP contribution in [-0.4, -0.2) is 36.8 Å². The van der Waals surface area contributed by atoms with Crippen molar-refractivity contribution in [2.45, 2.75) is 30.2 Å². The van der Waals surface area contributed by atoms with E-state index in [1.54, 1.807) is 0 Å². The number of hydrogen-bond acceptors (Lipinski definition) is 3. The van der Waals surface area contributed by atoms with Crippen LogP contribution >= 0.6 is 0 Å². The summed E-state index contributed by atoms with van der Waals surface area (Å²) in [7, 11) is 0. The number of hydrogen-bond donors (Lipinski definition) is 0. The third-order valence-corrected chi connectivity index (χ3v) is 2.23. The second-order valence-electron chi connectivity index (χ2n) is 3.88. The lowest BCUT2D eigenvalue weighted by Gasteiger charge is -2.35. The second kappa shape index (κ2) is 5.24. The summed E-state index contributed by atoms with van der Waals surface area (Å²) in [4.78, 5) is 0. The zero-order chi connectivity index (χ0) is 18.5. The van der Waals surface area contributed by atoms with E-state index >= 15 is 0 Å². The van der Waals surface area contributed by atoms with Crippen LogP contribution in [0.25, 0.3) is 0 Å². The van der Waals surface area contributed by atoms with Gasteiger partial charge in [-0.25, -0.2) is 0 Å². The molecule has 1 saturated heterocycles. The maximum absolute atomic E-state index is 13.5. The maximum Gasteiger partial charge on any atom is 0.458 e. The summed E-state index contributed by atoms with van der Waals surface area (Å²) in [6.45, 7) is -2.29. The van der Waals surface area contributed by atoms with Crippen LogP contribution in [0.3, 0.4) is 0 Å². The molecule has 1 atom stereocenters. The highest BCUT2D eigenvalue weighted by molar-refractivity contribution is 4.98. The van der Waals surface area contributed by atoms with Gasteiger partial charge in [0.1, 0.15) is 0 Å². The Bertz CT molecular complexity index is 476. The van der Waals surface area contributed by atoms with Crippen molar-refractivity contribution in [2.24, 2.45) is 0 Å². The molecule has 1 unspecified atom stereocenters. The van der Waals surface area contributed by atoms with Crippen LogP contribution in [0.5, 0.6) is 0 Å². The lowest BCUT2D eigenvalue weighted by atomic mass is 10.2. The smallest absolute Gasteiger partial charge is 0.454 e. The summed E-state index contributed by atoms with van der Waals surface area (Å²) < 4.78 is 158. The molecule has 0 aromatic heterocycles. The summed E-state index contributed by atoms with van der Waals surface area (Å²) in [6.07, 6.45) is -23.6. The Morgan fingerprint density at radius 1 is 0.913 bits per heavy atom. The van der Waals surface area contributed by atoms with Crippen LogP contribution in [-0.2, 0) is 14.2 Å². The van der Waals surface area contributed by atoms with Crippen LogP contribution in [0.2, 0.25) is 0 Å². The summed E-state index contributed by atoms with van der Waals surface area (Å²) in [5.41, 5.74) is 0. The Kier molecular flexibility index (Phi) is 4.44. The van der Waals surface area contributed by atoms with Gasteiger partial charge in [0.2, 0.25) is 0 Å². The van der Waals surface area contributed by atoms with Gasteiger partial charge < -0.3 is 9.47 Å². The molecule has 0 N–H and O–H groups in total. The number of alkyl halides is 10. The molecular weight excluding hydrogens is 372 g/mol. The third kappa shape index (κ3) is 3.23. The van der Waals surface area contributed by atoms with Crippen LogP contribution in [0, 0.1) is 0 Å². The Morgan fingerprint density at radius 2 is 1.35 bits per heavy atom. The molecule has 0 spiro atoms. The normalized spacial score (nSPS) is 23.6. The average molecular weight is 374 g/mol. The van der Waals surface area contributed by atoms with Gasteiger partial charge in [-0.3, -0.25) is 4.74 Å². The molecule has 136 valence electrons. The predicted octanol–water partition coefficient (Wildman–Crippen LogP) is 4.16. The van der Waals surface area contributed by atoms with Crippen LogP contribution in [0.4, 0.5) is 52.7 Å². The van der Waals surface area contributed by atoms with Crippen LogP contribution < -0.4 is 0 Å². The Labute approximate surface area is 117 Å². The van der Waals surface area contributed by atoms with E-state index in [9.17, 15) is 52.7 Å². The molecule has 0 aromatic rings. The highest BCUT2D eigenvalue weighted by atomic mass is 19.4. The fourth-order valence-electron chi connectivity index (χ4n) is 1.13. The molecule has 0 aromatic carbocycles. The molecular formula is C8H2F12O3. The minimum atomic E-state index is -7.10. The van der Waals surface area contributed by atoms with Gasteiger partial charge in [-0.15, -0.1) is 0 Å². The van der Waals surface area contributed by atoms with Gasteiger partial charge in [-0.05, 0) is 0 Å². The molecule has 23 heavy (non-hydrogen) atoms. The lowest BCUT2D eigenvalue weighted by Crippen LogP contribution is -2.62. The van der Waals surface area contributed by atoms with Crippen molar-refractivity contribution >= 4 is 0 Å². The summed E-state index contributed by atoms with van der Waals surface area (Å²) >= 11 is 0. The predicted molar refractivity (Wildman–Crippen MR) is 42.1 cm³/mol. The molecule has 0 radical (unpaired) electrons. The van der Waals surface area contributed by atoms with Gasteiger partial charge in [-0.1, -0.05) is 0 Å². The average Bonchev–Trinajstić information content (AvgIpc) is 2.70. The van der Waals surface area contributed by atoms with Gasteiger partial charge in [0.25, 0.3) is 0 Å². The first-order chi connectivity index (χ1) is 9.97. The van der Waals surface area contributed by atoms with E-state index in [4.69, 9.17) is 0 Å². The maximum atomic E-state index is 13.5. The van der Waals surface area contributed by atoms with Gasteiger partial charge in [-0.2, -0.15) is 52.7 Å². The third-order valence-electron chi connectivity index (χ3n) is 2.23. The second-order valence-corrected chi connectivity index (χ2v) is 3.88. The van der Waals surface area contributed by atoms with Crippen molar-refractivity contribution in [1.82, 2.24) is 0 Å². The summed E-state index contributed by atoms with van der Waals surface area (Å²) in [5, 5.41) is 0. The van der Waals surface area contributed by atoms with Crippen molar-refractivity contribution in [1.29, 1.82) is 0 Å². The van der Waals surface area contributed by atoms with E-state index < -0.39 is 48.8 Å². The quantitative estimate of drug-likeness (QED) is 0.695. The molecule has 0 bridgehead atoms. The van der Waals surface area contributed by atoms with E-state index in [0.717, 1.165) is 0 Å². The van der Waals surface area contributed by atoms with Crippen molar-refractivity contribution in [3.05, 3.63) is 12.0 Å². The SMILES string of the molecule is FC(F)=C1OCC(F)(C(F)(F)OC(F)(C(F)(F)F)C(F)(F)F)O1. The number of ether oxygens (including phenoxy) is 3. The first-order valence-electron chi connectivity index (χ1n) is 4.93. The van der Waals surface area contributed by atoms with Gasteiger partial charge in [0, 0.05) is 0 Å². The molecule has 1 heterocycles. The molecule has 15 heteroatoms. The topological polar surface area (TPSA) is 27.7 Å². The van der Waals surface area contributed by atoms with Crippen LogP contribution in [0.1, 0.15) is 0 Å². The molecule has 0 saturated carbocycles. The van der Waals surface area contributed by atoms with Gasteiger partial charge >= 0.3 is 42.2 Å². The first-order valence-corrected chi connectivity index (χ1v) is 4.93. The lowest BCUT2D eigenvalue weighted by molar-refractivity contribution is -0.506. The van der Waals surface area contributed by atoms with Crippen molar-refractivity contribution < 1.29 is 66.9 Å². The molecule has 1 aliphatic heterocycles. The largest absolute Gasteiger partial charge is 0.458 e. The Balaban J connectivity index is 3.21. The van der Waals surface area contributed by atoms with E-state index in [2.05, 4.69) is 9.47 Å². The van der Waals surface area contributed by atoms with Crippen molar-refractivity contribution in [2.75, 3.05) is 6.61 Å². The van der Waals surface area contributed by atoms with Gasteiger partial charge in [0.05, 0.1) is 0 Å². The van der Waals surface area contributed by atoms with E-state index in [-0.39, 0.29) is 0 Å². The summed E-state index contributed by atoms with van der Waals surface area (Å²) in [5.74, 6) is -14.3. The van der Waals surface area contributed by atoms with Crippen molar-refractivity contribution in [3.63, 3.8) is 0 Å². The minimum Gasteiger partial charge on any atom is -0.454 e. The fourth-order valence-corrected chi connectivity index (χ4v) is 1.13. The van der Waals surface area contributed by atoms with Crippen LogP contribution in [0.15, 0.2) is 12.0 Å². The van der Waals surface area contributed by atoms with E-state index in [0.29, 0.717) is 0 Å². The molecule has 1 aliphatic rings. The molecule has 3 nitrogen and oxygen atoms in total. The van der Waals surface area contributed by atoms with Crippen molar-refractivity contribution in [3.8, 4) is 0 Å². The minimum absolute atomic E-state index is 1.97. The summed E-state index contributed by atoms with van der Waals surface area (Å²) in [6, 6.07) is 0. The first kappa shape index (κ1) is 19.5. The zero-order valence-electron chi connectivity index (χ0n) is 9.97. The molecule has 0 aliphatic carbocycles. The molecule has 0 amide bonds. The molecule has 1 rings (SSSR count). The van der Waals surface area contributed by atoms with Gasteiger partial charge in [0.15, 0.2) is 6.61 Å². The van der Waals surface area contributed by atoms with E-state index in [1.807, 2.05) is 4.74 Å². The Hall–Kier alpha value is -1.54.